The summed E-state index contributed by atoms with van der Waals surface area (Å²) in [5.41, 5.74) is 5.18. The highest BCUT2D eigenvalue weighted by molar-refractivity contribution is 7.89. The van der Waals surface area contributed by atoms with E-state index in [4.69, 9.17) is 18.0 Å². The molecule has 1 atom stereocenters. The average Bonchev–Trinajstić information content (AvgIpc) is 2.25. The van der Waals surface area contributed by atoms with E-state index in [-0.39, 0.29) is 21.5 Å². The van der Waals surface area contributed by atoms with Gasteiger partial charge in [-0.25, -0.2) is 17.5 Å². The number of hydrogen-bond acceptors (Lipinski definition) is 3. The van der Waals surface area contributed by atoms with Crippen LogP contribution in [-0.4, -0.2) is 19.4 Å². The van der Waals surface area contributed by atoms with Gasteiger partial charge < -0.3 is 5.73 Å². The molecule has 1 rings (SSSR count). The predicted octanol–water partition coefficient (Wildman–Crippen LogP) is 2.17. The van der Waals surface area contributed by atoms with E-state index in [9.17, 15) is 12.8 Å². The fourth-order valence-corrected chi connectivity index (χ4v) is 3.81. The van der Waals surface area contributed by atoms with Crippen LogP contribution in [0.1, 0.15) is 32.8 Å². The van der Waals surface area contributed by atoms with Crippen LogP contribution in [0.25, 0.3) is 0 Å². The summed E-state index contributed by atoms with van der Waals surface area (Å²) in [6, 6.07) is 3.48. The second-order valence-electron chi connectivity index (χ2n) is 5.13. The third kappa shape index (κ3) is 4.22. The number of rotatable bonds is 6. The zero-order valence-corrected chi connectivity index (χ0v) is 13.3. The summed E-state index contributed by atoms with van der Waals surface area (Å²) in [5, 5.41) is 0. The molecule has 4 nitrogen and oxygen atoms in total. The van der Waals surface area contributed by atoms with E-state index in [1.807, 2.05) is 13.8 Å². The summed E-state index contributed by atoms with van der Waals surface area (Å²) in [5.74, 6) is -0.396. The fraction of sp³-hybridized carbons (Fsp3) is 0.462. The van der Waals surface area contributed by atoms with Gasteiger partial charge >= 0.3 is 0 Å². The monoisotopic (exact) mass is 318 g/mol. The standard InChI is InChI=1S/C13H19FN2O2S2/c1-8(2)7-9(3)16-20(17,18)11-6-4-5-10(14)12(11)13(15)19/h4-6,8-9,16H,7H2,1-3H3,(H2,15,19). The summed E-state index contributed by atoms with van der Waals surface area (Å²) < 4.78 is 40.9. The molecule has 1 aromatic rings. The second-order valence-corrected chi connectivity index (χ2v) is 7.25. The van der Waals surface area contributed by atoms with E-state index in [2.05, 4.69) is 4.72 Å². The smallest absolute Gasteiger partial charge is 0.241 e. The molecule has 0 fully saturated rings. The quantitative estimate of drug-likeness (QED) is 0.789. The molecule has 1 aromatic carbocycles. The number of halogens is 1. The van der Waals surface area contributed by atoms with Gasteiger partial charge in [0.15, 0.2) is 0 Å². The highest BCUT2D eigenvalue weighted by atomic mass is 32.2. The minimum atomic E-state index is -3.86. The lowest BCUT2D eigenvalue weighted by molar-refractivity contribution is 0.482. The number of hydrogen-bond donors (Lipinski definition) is 2. The van der Waals surface area contributed by atoms with Crippen LogP contribution >= 0.6 is 12.2 Å². The van der Waals surface area contributed by atoms with E-state index in [1.165, 1.54) is 12.1 Å². The Bertz CT molecular complexity index is 600. The molecule has 112 valence electrons. The molecular formula is C13H19FN2O2S2. The Morgan fingerprint density at radius 3 is 2.50 bits per heavy atom. The summed E-state index contributed by atoms with van der Waals surface area (Å²) in [4.78, 5) is -0.499. The molecule has 0 aromatic heterocycles. The van der Waals surface area contributed by atoms with Gasteiger partial charge in [-0.05, 0) is 31.4 Å². The predicted molar refractivity (Wildman–Crippen MR) is 81.5 cm³/mol. The summed E-state index contributed by atoms with van der Waals surface area (Å²) in [6.07, 6.45) is 0.678. The Kier molecular flexibility index (Phi) is 5.61. The zero-order valence-electron chi connectivity index (χ0n) is 11.7. The van der Waals surface area contributed by atoms with Crippen LogP contribution in [0, 0.1) is 11.7 Å². The Labute approximate surface area is 124 Å². The van der Waals surface area contributed by atoms with Crippen LogP contribution < -0.4 is 10.5 Å². The van der Waals surface area contributed by atoms with Crippen LogP contribution in [0.3, 0.4) is 0 Å². The van der Waals surface area contributed by atoms with Gasteiger partial charge in [-0.15, -0.1) is 0 Å². The molecule has 0 bridgehead atoms. The van der Waals surface area contributed by atoms with Crippen LogP contribution in [-0.2, 0) is 10.0 Å². The number of nitrogens with two attached hydrogens (primary N) is 1. The lowest BCUT2D eigenvalue weighted by Crippen LogP contribution is -2.35. The van der Waals surface area contributed by atoms with Crippen LogP contribution in [0.2, 0.25) is 0 Å². The molecule has 0 saturated heterocycles. The van der Waals surface area contributed by atoms with Crippen molar-refractivity contribution in [2.24, 2.45) is 11.7 Å². The Morgan fingerprint density at radius 2 is 2.00 bits per heavy atom. The van der Waals surface area contributed by atoms with E-state index in [0.29, 0.717) is 12.3 Å². The van der Waals surface area contributed by atoms with Gasteiger partial charge in [0.25, 0.3) is 0 Å². The van der Waals surface area contributed by atoms with Gasteiger partial charge in [-0.2, -0.15) is 0 Å². The lowest BCUT2D eigenvalue weighted by Gasteiger charge is -2.17. The summed E-state index contributed by atoms with van der Waals surface area (Å²) in [7, 11) is -3.86. The van der Waals surface area contributed by atoms with Crippen molar-refractivity contribution in [1.29, 1.82) is 0 Å². The van der Waals surface area contributed by atoms with Gasteiger partial charge in [-0.1, -0.05) is 32.1 Å². The minimum absolute atomic E-state index is 0.222. The van der Waals surface area contributed by atoms with E-state index >= 15 is 0 Å². The molecule has 0 radical (unpaired) electrons. The van der Waals surface area contributed by atoms with Crippen molar-refractivity contribution < 1.29 is 12.8 Å². The topological polar surface area (TPSA) is 72.2 Å². The summed E-state index contributed by atoms with van der Waals surface area (Å²) >= 11 is 4.74. The fourth-order valence-electron chi connectivity index (χ4n) is 2.05. The van der Waals surface area contributed by atoms with Gasteiger partial charge in [0, 0.05) is 6.04 Å². The minimum Gasteiger partial charge on any atom is -0.389 e. The van der Waals surface area contributed by atoms with E-state index in [0.717, 1.165) is 6.07 Å². The molecule has 0 saturated carbocycles. The molecule has 0 aliphatic rings. The van der Waals surface area contributed by atoms with E-state index < -0.39 is 15.8 Å². The second kappa shape index (κ2) is 6.60. The molecule has 3 N–H and O–H groups in total. The maximum atomic E-state index is 13.7. The normalized spacial score (nSPS) is 13.4. The molecule has 0 amide bonds. The Hall–Kier alpha value is -1.05. The Balaban J connectivity index is 3.17. The van der Waals surface area contributed by atoms with Gasteiger partial charge in [-0.3, -0.25) is 0 Å². The van der Waals surface area contributed by atoms with Crippen molar-refractivity contribution in [2.75, 3.05) is 0 Å². The first-order chi connectivity index (χ1) is 9.15. The molecule has 0 aliphatic heterocycles. The summed E-state index contributed by atoms with van der Waals surface area (Å²) in [6.45, 7) is 5.75. The van der Waals surface area contributed by atoms with Crippen molar-refractivity contribution in [3.8, 4) is 0 Å². The molecule has 1 unspecified atom stereocenters. The van der Waals surface area contributed by atoms with E-state index in [1.54, 1.807) is 6.92 Å². The molecule has 0 aliphatic carbocycles. The lowest BCUT2D eigenvalue weighted by atomic mass is 10.1. The van der Waals surface area contributed by atoms with Crippen molar-refractivity contribution in [2.45, 2.75) is 38.1 Å². The van der Waals surface area contributed by atoms with Crippen LogP contribution in [0.15, 0.2) is 23.1 Å². The molecular weight excluding hydrogens is 299 g/mol. The third-order valence-electron chi connectivity index (χ3n) is 2.69. The number of nitrogens with one attached hydrogen (secondary N) is 1. The highest BCUT2D eigenvalue weighted by Gasteiger charge is 2.24. The SMILES string of the molecule is CC(C)CC(C)NS(=O)(=O)c1cccc(F)c1C(N)=S. The van der Waals surface area contributed by atoms with Gasteiger partial charge in [0.1, 0.15) is 10.8 Å². The first-order valence-corrected chi connectivity index (χ1v) is 8.15. The maximum Gasteiger partial charge on any atom is 0.241 e. The van der Waals surface area contributed by atoms with Crippen molar-refractivity contribution in [1.82, 2.24) is 4.72 Å². The zero-order chi connectivity index (χ0) is 15.5. The Morgan fingerprint density at radius 1 is 1.40 bits per heavy atom. The molecule has 20 heavy (non-hydrogen) atoms. The molecule has 0 heterocycles. The van der Waals surface area contributed by atoms with Gasteiger partial charge in [0.2, 0.25) is 10.0 Å². The largest absolute Gasteiger partial charge is 0.389 e. The number of sulfonamides is 1. The van der Waals surface area contributed by atoms with Crippen LogP contribution in [0.5, 0.6) is 0 Å². The highest BCUT2D eigenvalue weighted by Crippen LogP contribution is 2.20. The van der Waals surface area contributed by atoms with Crippen molar-refractivity contribution >= 4 is 27.2 Å². The van der Waals surface area contributed by atoms with Gasteiger partial charge in [0.05, 0.1) is 10.5 Å². The maximum absolute atomic E-state index is 13.7. The van der Waals surface area contributed by atoms with Crippen molar-refractivity contribution in [3.63, 3.8) is 0 Å². The average molecular weight is 318 g/mol. The molecule has 0 spiro atoms. The third-order valence-corrected chi connectivity index (χ3v) is 4.53. The number of benzene rings is 1. The first-order valence-electron chi connectivity index (χ1n) is 6.25. The first kappa shape index (κ1) is 17.0. The van der Waals surface area contributed by atoms with Crippen molar-refractivity contribution in [3.05, 3.63) is 29.6 Å². The number of thiocarbonyl (C=S) groups is 1. The molecule has 7 heteroatoms. The van der Waals surface area contributed by atoms with Crippen LogP contribution in [0.4, 0.5) is 4.39 Å².